The SMILES string of the molecule is COc1ccccc1C(=O)NCCC(=O)OCC(=O)Nc1ccc(N2CCCC2)cc1. The summed E-state index contributed by atoms with van der Waals surface area (Å²) in [4.78, 5) is 38.3. The predicted molar refractivity (Wildman–Crippen MR) is 117 cm³/mol. The summed E-state index contributed by atoms with van der Waals surface area (Å²) in [6.07, 6.45) is 2.36. The van der Waals surface area contributed by atoms with E-state index in [0.29, 0.717) is 17.0 Å². The van der Waals surface area contributed by atoms with Crippen LogP contribution >= 0.6 is 0 Å². The summed E-state index contributed by atoms with van der Waals surface area (Å²) in [5.74, 6) is -0.881. The summed E-state index contributed by atoms with van der Waals surface area (Å²) >= 11 is 0. The number of esters is 1. The molecule has 0 aromatic heterocycles. The molecule has 8 nitrogen and oxygen atoms in total. The van der Waals surface area contributed by atoms with Gasteiger partial charge in [-0.25, -0.2) is 0 Å². The molecule has 164 valence electrons. The number of benzene rings is 2. The summed E-state index contributed by atoms with van der Waals surface area (Å²) in [6, 6.07) is 14.4. The van der Waals surface area contributed by atoms with Crippen LogP contribution in [0.5, 0.6) is 5.75 Å². The first-order chi connectivity index (χ1) is 15.1. The van der Waals surface area contributed by atoms with Crippen molar-refractivity contribution in [2.24, 2.45) is 0 Å². The van der Waals surface area contributed by atoms with Crippen LogP contribution in [0.15, 0.2) is 48.5 Å². The Bertz CT molecular complexity index is 908. The van der Waals surface area contributed by atoms with Crippen LogP contribution in [0.25, 0.3) is 0 Å². The van der Waals surface area contributed by atoms with Crippen LogP contribution in [0.1, 0.15) is 29.6 Å². The molecule has 1 heterocycles. The molecule has 31 heavy (non-hydrogen) atoms. The van der Waals surface area contributed by atoms with Crippen LogP contribution < -0.4 is 20.3 Å². The molecule has 0 bridgehead atoms. The van der Waals surface area contributed by atoms with Gasteiger partial charge in [0.25, 0.3) is 11.8 Å². The third-order valence-corrected chi connectivity index (χ3v) is 4.95. The Kier molecular flexibility index (Phi) is 7.86. The predicted octanol–water partition coefficient (Wildman–Crippen LogP) is 2.60. The Balaban J connectivity index is 1.35. The largest absolute Gasteiger partial charge is 0.496 e. The van der Waals surface area contributed by atoms with E-state index in [1.807, 2.05) is 24.3 Å². The highest BCUT2D eigenvalue weighted by atomic mass is 16.5. The zero-order chi connectivity index (χ0) is 22.1. The fourth-order valence-corrected chi connectivity index (χ4v) is 3.35. The topological polar surface area (TPSA) is 97.0 Å². The number of hydrogen-bond donors (Lipinski definition) is 2. The standard InChI is InChI=1S/C23H27N3O5/c1-30-20-7-3-2-6-19(20)23(29)24-13-12-22(28)31-16-21(27)25-17-8-10-18(11-9-17)26-14-4-5-15-26/h2-3,6-11H,4-5,12-16H2,1H3,(H,24,29)(H,25,27). The van der Waals surface area contributed by atoms with Crippen LogP contribution in [0, 0.1) is 0 Å². The third-order valence-electron chi connectivity index (χ3n) is 4.95. The average Bonchev–Trinajstić information content (AvgIpc) is 3.33. The van der Waals surface area contributed by atoms with E-state index in [4.69, 9.17) is 9.47 Å². The minimum Gasteiger partial charge on any atom is -0.496 e. The number of anilines is 2. The molecule has 1 aliphatic rings. The molecule has 2 aromatic rings. The molecular weight excluding hydrogens is 398 g/mol. The van der Waals surface area contributed by atoms with E-state index in [-0.39, 0.29) is 25.5 Å². The second-order valence-corrected chi connectivity index (χ2v) is 7.16. The molecule has 0 radical (unpaired) electrons. The maximum absolute atomic E-state index is 12.2. The van der Waals surface area contributed by atoms with Gasteiger partial charge in [0, 0.05) is 31.0 Å². The van der Waals surface area contributed by atoms with Crippen molar-refractivity contribution >= 4 is 29.2 Å². The summed E-state index contributed by atoms with van der Waals surface area (Å²) in [6.45, 7) is 1.82. The lowest BCUT2D eigenvalue weighted by molar-refractivity contribution is -0.147. The van der Waals surface area contributed by atoms with Gasteiger partial charge in [0.2, 0.25) is 0 Å². The van der Waals surface area contributed by atoms with Gasteiger partial charge in [-0.1, -0.05) is 12.1 Å². The maximum atomic E-state index is 12.2. The van der Waals surface area contributed by atoms with Gasteiger partial charge in [-0.2, -0.15) is 0 Å². The quantitative estimate of drug-likeness (QED) is 0.600. The van der Waals surface area contributed by atoms with E-state index < -0.39 is 11.9 Å². The van der Waals surface area contributed by atoms with E-state index in [1.165, 1.54) is 20.0 Å². The van der Waals surface area contributed by atoms with Crippen molar-refractivity contribution < 1.29 is 23.9 Å². The molecular formula is C23H27N3O5. The first-order valence-corrected chi connectivity index (χ1v) is 10.3. The van der Waals surface area contributed by atoms with Gasteiger partial charge in [0.15, 0.2) is 6.61 Å². The molecule has 0 atom stereocenters. The van der Waals surface area contributed by atoms with Crippen LogP contribution in [-0.4, -0.2) is 51.1 Å². The van der Waals surface area contributed by atoms with Crippen molar-refractivity contribution in [3.05, 3.63) is 54.1 Å². The van der Waals surface area contributed by atoms with Crippen molar-refractivity contribution in [1.82, 2.24) is 5.32 Å². The van der Waals surface area contributed by atoms with E-state index in [2.05, 4.69) is 15.5 Å². The van der Waals surface area contributed by atoms with E-state index in [9.17, 15) is 14.4 Å². The molecule has 2 aromatic carbocycles. The Labute approximate surface area is 181 Å². The van der Waals surface area contributed by atoms with E-state index >= 15 is 0 Å². The van der Waals surface area contributed by atoms with Crippen molar-refractivity contribution in [2.45, 2.75) is 19.3 Å². The molecule has 1 aliphatic heterocycles. The molecule has 0 spiro atoms. The third kappa shape index (κ3) is 6.47. The zero-order valence-corrected chi connectivity index (χ0v) is 17.6. The lowest BCUT2D eigenvalue weighted by atomic mass is 10.2. The normalized spacial score (nSPS) is 12.9. The highest BCUT2D eigenvalue weighted by Gasteiger charge is 2.14. The second kappa shape index (κ2) is 11.0. The van der Waals surface area contributed by atoms with Gasteiger partial charge in [0.05, 0.1) is 19.1 Å². The lowest BCUT2D eigenvalue weighted by Crippen LogP contribution is -2.28. The first-order valence-electron chi connectivity index (χ1n) is 10.3. The average molecular weight is 425 g/mol. The summed E-state index contributed by atoms with van der Waals surface area (Å²) in [7, 11) is 1.48. The number of amides is 2. The van der Waals surface area contributed by atoms with Crippen molar-refractivity contribution in [3.8, 4) is 5.75 Å². The van der Waals surface area contributed by atoms with Crippen LogP contribution in [0.3, 0.4) is 0 Å². The molecule has 2 amide bonds. The summed E-state index contributed by atoms with van der Waals surface area (Å²) in [5, 5.41) is 5.34. The van der Waals surface area contributed by atoms with Gasteiger partial charge in [-0.15, -0.1) is 0 Å². The van der Waals surface area contributed by atoms with Gasteiger partial charge in [0.1, 0.15) is 5.75 Å². The molecule has 0 unspecified atom stereocenters. The number of rotatable bonds is 9. The molecule has 1 fully saturated rings. The fourth-order valence-electron chi connectivity index (χ4n) is 3.35. The molecule has 2 N–H and O–H groups in total. The van der Waals surface area contributed by atoms with Crippen LogP contribution in [0.4, 0.5) is 11.4 Å². The van der Waals surface area contributed by atoms with Gasteiger partial charge < -0.3 is 25.0 Å². The number of hydrogen-bond acceptors (Lipinski definition) is 6. The highest BCUT2D eigenvalue weighted by Crippen LogP contribution is 2.22. The van der Waals surface area contributed by atoms with E-state index in [1.54, 1.807) is 24.3 Å². The Morgan fingerprint density at radius 2 is 1.71 bits per heavy atom. The van der Waals surface area contributed by atoms with Crippen LogP contribution in [0.2, 0.25) is 0 Å². The van der Waals surface area contributed by atoms with Crippen molar-refractivity contribution in [2.75, 3.05) is 43.6 Å². The fraction of sp³-hybridized carbons (Fsp3) is 0.348. The number of ether oxygens (including phenoxy) is 2. The zero-order valence-electron chi connectivity index (χ0n) is 17.6. The lowest BCUT2D eigenvalue weighted by Gasteiger charge is -2.17. The van der Waals surface area contributed by atoms with Crippen molar-refractivity contribution in [3.63, 3.8) is 0 Å². The monoisotopic (exact) mass is 425 g/mol. The first kappa shape index (κ1) is 22.1. The Morgan fingerprint density at radius 1 is 1.00 bits per heavy atom. The minimum absolute atomic E-state index is 0.0430. The Morgan fingerprint density at radius 3 is 2.42 bits per heavy atom. The smallest absolute Gasteiger partial charge is 0.308 e. The minimum atomic E-state index is -0.570. The maximum Gasteiger partial charge on any atom is 0.308 e. The molecule has 3 rings (SSSR count). The molecule has 0 aliphatic carbocycles. The summed E-state index contributed by atoms with van der Waals surface area (Å²) < 4.78 is 10.1. The molecule has 0 saturated carbocycles. The number of nitrogens with zero attached hydrogens (tertiary/aromatic N) is 1. The number of methoxy groups -OCH3 is 1. The Hall–Kier alpha value is -3.55. The number of nitrogens with one attached hydrogen (secondary N) is 2. The van der Waals surface area contributed by atoms with Gasteiger partial charge in [-0.05, 0) is 49.2 Å². The van der Waals surface area contributed by atoms with Crippen LogP contribution in [-0.2, 0) is 14.3 Å². The van der Waals surface area contributed by atoms with Gasteiger partial charge >= 0.3 is 5.97 Å². The van der Waals surface area contributed by atoms with E-state index in [0.717, 1.165) is 18.8 Å². The van der Waals surface area contributed by atoms with Gasteiger partial charge in [-0.3, -0.25) is 14.4 Å². The second-order valence-electron chi connectivity index (χ2n) is 7.16. The number of para-hydroxylation sites is 1. The van der Waals surface area contributed by atoms with Crippen molar-refractivity contribution in [1.29, 1.82) is 0 Å². The number of carbonyl (C=O) groups is 3. The highest BCUT2D eigenvalue weighted by molar-refractivity contribution is 5.97. The molecule has 1 saturated heterocycles. The molecule has 8 heteroatoms. The summed E-state index contributed by atoms with van der Waals surface area (Å²) in [5.41, 5.74) is 2.17. The number of carbonyl (C=O) groups excluding carboxylic acids is 3.